The van der Waals surface area contributed by atoms with Gasteiger partial charge in [0.25, 0.3) is 0 Å². The van der Waals surface area contributed by atoms with E-state index in [9.17, 15) is 4.79 Å². The molecule has 4 nitrogen and oxygen atoms in total. The fourth-order valence-electron chi connectivity index (χ4n) is 4.12. The molecule has 6 rings (SSSR count). The minimum absolute atomic E-state index is 0.139. The summed E-state index contributed by atoms with van der Waals surface area (Å²) in [6, 6.07) is 31.1. The van der Waals surface area contributed by atoms with Crippen molar-refractivity contribution in [2.75, 3.05) is 0 Å². The summed E-state index contributed by atoms with van der Waals surface area (Å²) < 4.78 is 7.95. The Hall–Kier alpha value is -4.48. The SMILES string of the molecule is O=C(c1ccccc1)c1oc2ccccc2c1/C=C/c1cn(-c2ccccc2)nc1-c1cccs1. The van der Waals surface area contributed by atoms with Crippen LogP contribution >= 0.6 is 11.3 Å². The highest BCUT2D eigenvalue weighted by Crippen LogP contribution is 2.32. The first-order chi connectivity index (χ1) is 17.3. The van der Waals surface area contributed by atoms with Crippen LogP contribution in [0.25, 0.3) is 39.4 Å². The Morgan fingerprint density at radius 2 is 1.57 bits per heavy atom. The summed E-state index contributed by atoms with van der Waals surface area (Å²) in [7, 11) is 0. The molecule has 0 amide bonds. The number of benzene rings is 3. The van der Waals surface area contributed by atoms with Crippen molar-refractivity contribution in [1.29, 1.82) is 0 Å². The van der Waals surface area contributed by atoms with Crippen LogP contribution in [0.1, 0.15) is 27.2 Å². The van der Waals surface area contributed by atoms with E-state index >= 15 is 0 Å². The molecule has 5 heteroatoms. The minimum Gasteiger partial charge on any atom is -0.452 e. The van der Waals surface area contributed by atoms with Gasteiger partial charge < -0.3 is 4.42 Å². The lowest BCUT2D eigenvalue weighted by atomic mass is 10.0. The summed E-state index contributed by atoms with van der Waals surface area (Å²) in [5.41, 5.74) is 4.88. The molecule has 0 spiro atoms. The lowest BCUT2D eigenvalue weighted by Crippen LogP contribution is -2.01. The fraction of sp³-hybridized carbons (Fsp3) is 0. The minimum atomic E-state index is -0.139. The molecule has 0 aliphatic rings. The standard InChI is InChI=1S/C30H20N2O2S/c33-29(21-10-3-1-4-11-21)30-25(24-14-7-8-15-26(24)34-30)18-17-22-20-32(23-12-5-2-6-13-23)31-28(22)27-16-9-19-35-27/h1-20H/b18-17+. The molecule has 3 aromatic heterocycles. The van der Waals surface area contributed by atoms with Crippen molar-refractivity contribution in [1.82, 2.24) is 9.78 Å². The van der Waals surface area contributed by atoms with E-state index in [4.69, 9.17) is 9.52 Å². The highest BCUT2D eigenvalue weighted by molar-refractivity contribution is 7.13. The molecule has 6 aromatic rings. The summed E-state index contributed by atoms with van der Waals surface area (Å²) >= 11 is 1.65. The molecular formula is C30H20N2O2S. The number of hydrogen-bond donors (Lipinski definition) is 0. The van der Waals surface area contributed by atoms with Gasteiger partial charge in [-0.2, -0.15) is 5.10 Å². The van der Waals surface area contributed by atoms with Crippen LogP contribution < -0.4 is 0 Å². The monoisotopic (exact) mass is 472 g/mol. The molecule has 0 bridgehead atoms. The Bertz CT molecular complexity index is 1640. The van der Waals surface area contributed by atoms with Crippen molar-refractivity contribution in [3.8, 4) is 16.3 Å². The van der Waals surface area contributed by atoms with Crippen molar-refractivity contribution in [3.63, 3.8) is 0 Å². The highest BCUT2D eigenvalue weighted by Gasteiger charge is 2.20. The van der Waals surface area contributed by atoms with Crippen molar-refractivity contribution in [2.45, 2.75) is 0 Å². The molecule has 0 saturated carbocycles. The molecule has 0 fully saturated rings. The van der Waals surface area contributed by atoms with Crippen LogP contribution in [-0.4, -0.2) is 15.6 Å². The molecule has 3 heterocycles. The molecular weight excluding hydrogens is 452 g/mol. The maximum Gasteiger partial charge on any atom is 0.228 e. The van der Waals surface area contributed by atoms with Gasteiger partial charge in [-0.15, -0.1) is 11.3 Å². The van der Waals surface area contributed by atoms with Crippen LogP contribution in [0.2, 0.25) is 0 Å². The normalized spacial score (nSPS) is 11.4. The van der Waals surface area contributed by atoms with Crippen molar-refractivity contribution in [3.05, 3.63) is 131 Å². The van der Waals surface area contributed by atoms with Crippen LogP contribution in [0.5, 0.6) is 0 Å². The largest absolute Gasteiger partial charge is 0.452 e. The summed E-state index contributed by atoms with van der Waals surface area (Å²) in [6.45, 7) is 0. The number of fused-ring (bicyclic) bond motifs is 1. The number of ketones is 1. The molecule has 0 N–H and O–H groups in total. The van der Waals surface area contributed by atoms with Gasteiger partial charge in [-0.25, -0.2) is 4.68 Å². The first-order valence-electron chi connectivity index (χ1n) is 11.3. The molecule has 0 saturated heterocycles. The van der Waals surface area contributed by atoms with Crippen molar-refractivity contribution < 1.29 is 9.21 Å². The second-order valence-electron chi connectivity index (χ2n) is 8.06. The van der Waals surface area contributed by atoms with E-state index in [1.165, 1.54) is 0 Å². The maximum absolute atomic E-state index is 13.3. The van der Waals surface area contributed by atoms with E-state index < -0.39 is 0 Å². The number of furan rings is 1. The van der Waals surface area contributed by atoms with Gasteiger partial charge in [-0.05, 0) is 35.7 Å². The van der Waals surface area contributed by atoms with Gasteiger partial charge in [0.05, 0.1) is 10.6 Å². The molecule has 0 unspecified atom stereocenters. The van der Waals surface area contributed by atoms with Gasteiger partial charge in [0.1, 0.15) is 11.3 Å². The number of rotatable bonds is 6. The maximum atomic E-state index is 13.3. The lowest BCUT2D eigenvalue weighted by molar-refractivity contribution is 0.101. The number of hydrogen-bond acceptors (Lipinski definition) is 4. The quantitative estimate of drug-likeness (QED) is 0.233. The van der Waals surface area contributed by atoms with E-state index in [0.29, 0.717) is 16.9 Å². The third kappa shape index (κ3) is 4.03. The summed E-state index contributed by atoms with van der Waals surface area (Å²) in [6.07, 6.45) is 5.99. The number of carbonyl (C=O) groups excluding carboxylic acids is 1. The van der Waals surface area contributed by atoms with E-state index in [1.807, 2.05) is 119 Å². The Kier molecular flexibility index (Phi) is 5.45. The first-order valence-corrected chi connectivity index (χ1v) is 12.1. The van der Waals surface area contributed by atoms with E-state index in [0.717, 1.165) is 32.8 Å². The second-order valence-corrected chi connectivity index (χ2v) is 9.01. The zero-order chi connectivity index (χ0) is 23.6. The number of nitrogens with zero attached hydrogens (tertiary/aromatic N) is 2. The number of aromatic nitrogens is 2. The third-order valence-corrected chi connectivity index (χ3v) is 6.70. The predicted molar refractivity (Wildman–Crippen MR) is 142 cm³/mol. The molecule has 0 atom stereocenters. The molecule has 0 aliphatic heterocycles. The predicted octanol–water partition coefficient (Wildman–Crippen LogP) is 7.75. The Labute approximate surface area is 206 Å². The van der Waals surface area contributed by atoms with E-state index in [2.05, 4.69) is 6.07 Å². The number of carbonyl (C=O) groups is 1. The van der Waals surface area contributed by atoms with Crippen molar-refractivity contribution in [2.24, 2.45) is 0 Å². The Morgan fingerprint density at radius 1 is 0.829 bits per heavy atom. The van der Waals surface area contributed by atoms with Gasteiger partial charge in [0.2, 0.25) is 5.78 Å². The summed E-state index contributed by atoms with van der Waals surface area (Å²) in [5.74, 6) is 0.196. The van der Waals surface area contributed by atoms with Crippen LogP contribution in [0.15, 0.2) is 113 Å². The molecule has 35 heavy (non-hydrogen) atoms. The number of para-hydroxylation sites is 2. The topological polar surface area (TPSA) is 48.0 Å². The second kappa shape index (κ2) is 9.05. The van der Waals surface area contributed by atoms with Gasteiger partial charge >= 0.3 is 0 Å². The van der Waals surface area contributed by atoms with Gasteiger partial charge in [0.15, 0.2) is 5.76 Å². The summed E-state index contributed by atoms with van der Waals surface area (Å²) in [4.78, 5) is 14.4. The van der Waals surface area contributed by atoms with Crippen molar-refractivity contribution >= 4 is 40.2 Å². The molecule has 0 aliphatic carbocycles. The smallest absolute Gasteiger partial charge is 0.228 e. The lowest BCUT2D eigenvalue weighted by Gasteiger charge is -1.99. The summed E-state index contributed by atoms with van der Waals surface area (Å²) in [5, 5.41) is 7.82. The highest BCUT2D eigenvalue weighted by atomic mass is 32.1. The molecule has 168 valence electrons. The average Bonchev–Trinajstić information content (AvgIpc) is 3.66. The van der Waals surface area contributed by atoms with Crippen LogP contribution in [-0.2, 0) is 0 Å². The Balaban J connectivity index is 1.48. The first kappa shape index (κ1) is 21.1. The van der Waals surface area contributed by atoms with Crippen LogP contribution in [0.3, 0.4) is 0 Å². The van der Waals surface area contributed by atoms with Gasteiger partial charge in [-0.1, -0.05) is 78.9 Å². The van der Waals surface area contributed by atoms with E-state index in [-0.39, 0.29) is 5.78 Å². The Morgan fingerprint density at radius 3 is 2.34 bits per heavy atom. The van der Waals surface area contributed by atoms with Gasteiger partial charge in [-0.3, -0.25) is 4.79 Å². The van der Waals surface area contributed by atoms with E-state index in [1.54, 1.807) is 11.3 Å². The van der Waals surface area contributed by atoms with Crippen LogP contribution in [0, 0.1) is 0 Å². The molecule has 3 aromatic carbocycles. The van der Waals surface area contributed by atoms with Gasteiger partial charge in [0, 0.05) is 28.3 Å². The molecule has 0 radical (unpaired) electrons. The fourth-order valence-corrected chi connectivity index (χ4v) is 4.85. The number of thiophene rings is 1. The third-order valence-electron chi connectivity index (χ3n) is 5.82. The zero-order valence-electron chi connectivity index (χ0n) is 18.7. The average molecular weight is 473 g/mol. The van der Waals surface area contributed by atoms with Crippen LogP contribution in [0.4, 0.5) is 0 Å². The zero-order valence-corrected chi connectivity index (χ0v) is 19.5.